The van der Waals surface area contributed by atoms with Crippen LogP contribution in [-0.4, -0.2) is 18.7 Å². The maximum atomic E-state index is 5.61. The molecule has 0 heterocycles. The topological polar surface area (TPSA) is 38.5 Å². The number of nitrogens with zero attached hydrogens (tertiary/aromatic N) is 1. The molecule has 0 aliphatic heterocycles. The molecule has 3 nitrogen and oxygen atoms in total. The van der Waals surface area contributed by atoms with Crippen molar-refractivity contribution in [1.29, 1.82) is 0 Å². The first kappa shape index (κ1) is 14.4. The summed E-state index contributed by atoms with van der Waals surface area (Å²) in [6.07, 6.45) is 8.68. The Morgan fingerprint density at radius 1 is 1.67 bits per heavy atom. The van der Waals surface area contributed by atoms with E-state index in [4.69, 9.17) is 17.0 Å². The van der Waals surface area contributed by atoms with Gasteiger partial charge in [0.2, 0.25) is 0 Å². The zero-order valence-corrected chi connectivity index (χ0v) is 11.8. The lowest BCUT2D eigenvalue weighted by Gasteiger charge is -2.13. The Bertz CT molecular complexity index is 501. The number of allylic oxidation sites excluding steroid dienone is 2. The molecule has 0 saturated heterocycles. The van der Waals surface area contributed by atoms with Crippen LogP contribution in [0.15, 0.2) is 41.5 Å². The van der Waals surface area contributed by atoms with Crippen LogP contribution in [0.25, 0.3) is 5.57 Å². The summed E-state index contributed by atoms with van der Waals surface area (Å²) in [7, 11) is 1.74. The van der Waals surface area contributed by atoms with E-state index in [-0.39, 0.29) is 6.61 Å². The SMILES string of the molecule is C#CCOc1cc(Br)ccc1/C(C=C)=C/N(C)N. The molecule has 0 unspecified atom stereocenters. The normalized spacial score (nSPS) is 10.7. The van der Waals surface area contributed by atoms with Gasteiger partial charge in [0.15, 0.2) is 0 Å². The van der Waals surface area contributed by atoms with Crippen molar-refractivity contribution in [1.82, 2.24) is 5.01 Å². The largest absolute Gasteiger partial charge is 0.480 e. The van der Waals surface area contributed by atoms with Gasteiger partial charge in [-0.15, -0.1) is 6.42 Å². The minimum atomic E-state index is 0.215. The highest BCUT2D eigenvalue weighted by molar-refractivity contribution is 9.10. The van der Waals surface area contributed by atoms with E-state index < -0.39 is 0 Å². The van der Waals surface area contributed by atoms with Crippen LogP contribution >= 0.6 is 15.9 Å². The van der Waals surface area contributed by atoms with Gasteiger partial charge in [-0.05, 0) is 18.2 Å². The monoisotopic (exact) mass is 306 g/mol. The first-order valence-corrected chi connectivity index (χ1v) is 6.05. The van der Waals surface area contributed by atoms with Crippen molar-refractivity contribution in [2.24, 2.45) is 5.84 Å². The summed E-state index contributed by atoms with van der Waals surface area (Å²) in [6.45, 7) is 3.99. The second kappa shape index (κ2) is 6.90. The maximum absolute atomic E-state index is 5.61. The van der Waals surface area contributed by atoms with Gasteiger partial charge in [-0.1, -0.05) is 34.5 Å². The van der Waals surface area contributed by atoms with Gasteiger partial charge in [-0.25, -0.2) is 5.84 Å². The number of terminal acetylenes is 1. The quantitative estimate of drug-likeness (QED) is 0.393. The van der Waals surface area contributed by atoms with Gasteiger partial charge in [-0.2, -0.15) is 0 Å². The van der Waals surface area contributed by atoms with Crippen LogP contribution in [0.4, 0.5) is 0 Å². The van der Waals surface area contributed by atoms with Gasteiger partial charge in [0.25, 0.3) is 0 Å². The highest BCUT2D eigenvalue weighted by Gasteiger charge is 2.08. The van der Waals surface area contributed by atoms with E-state index in [1.54, 1.807) is 19.3 Å². The van der Waals surface area contributed by atoms with Crippen molar-refractivity contribution in [2.45, 2.75) is 0 Å². The lowest BCUT2D eigenvalue weighted by Crippen LogP contribution is -2.19. The summed E-state index contributed by atoms with van der Waals surface area (Å²) in [5.74, 6) is 8.75. The highest BCUT2D eigenvalue weighted by Crippen LogP contribution is 2.30. The average molecular weight is 307 g/mol. The van der Waals surface area contributed by atoms with E-state index in [0.29, 0.717) is 5.75 Å². The first-order chi connectivity index (χ1) is 8.58. The van der Waals surface area contributed by atoms with Crippen LogP contribution in [0.5, 0.6) is 5.75 Å². The van der Waals surface area contributed by atoms with Gasteiger partial charge in [0.05, 0.1) is 0 Å². The molecule has 0 atom stereocenters. The zero-order chi connectivity index (χ0) is 13.5. The van der Waals surface area contributed by atoms with Gasteiger partial charge in [-0.3, -0.25) is 0 Å². The predicted octanol–water partition coefficient (Wildman–Crippen LogP) is 2.79. The van der Waals surface area contributed by atoms with E-state index in [1.807, 2.05) is 18.2 Å². The van der Waals surface area contributed by atoms with Crippen LogP contribution in [0.3, 0.4) is 0 Å². The Hall–Kier alpha value is -1.70. The number of hydrogen-bond acceptors (Lipinski definition) is 3. The van der Waals surface area contributed by atoms with Crippen LogP contribution in [0.1, 0.15) is 5.56 Å². The Kier molecular flexibility index (Phi) is 5.50. The Labute approximate surface area is 116 Å². The third kappa shape index (κ3) is 3.95. The molecule has 94 valence electrons. The molecule has 0 radical (unpaired) electrons. The summed E-state index contributed by atoms with van der Waals surface area (Å²) in [4.78, 5) is 0. The molecule has 0 aliphatic carbocycles. The molecular weight excluding hydrogens is 292 g/mol. The number of ether oxygens (including phenoxy) is 1. The lowest BCUT2D eigenvalue weighted by atomic mass is 10.1. The van der Waals surface area contributed by atoms with Crippen LogP contribution in [0, 0.1) is 12.3 Å². The molecule has 0 spiro atoms. The van der Waals surface area contributed by atoms with Gasteiger partial charge in [0.1, 0.15) is 12.4 Å². The maximum Gasteiger partial charge on any atom is 0.148 e. The number of hydrazine groups is 1. The summed E-state index contributed by atoms with van der Waals surface area (Å²) >= 11 is 3.40. The van der Waals surface area contributed by atoms with E-state index in [9.17, 15) is 0 Å². The smallest absolute Gasteiger partial charge is 0.148 e. The minimum absolute atomic E-state index is 0.215. The summed E-state index contributed by atoms with van der Waals surface area (Å²) < 4.78 is 6.44. The first-order valence-electron chi connectivity index (χ1n) is 5.26. The third-order valence-electron chi connectivity index (χ3n) is 2.13. The zero-order valence-electron chi connectivity index (χ0n) is 10.2. The van der Waals surface area contributed by atoms with Crippen molar-refractivity contribution in [2.75, 3.05) is 13.7 Å². The van der Waals surface area contributed by atoms with Crippen LogP contribution < -0.4 is 10.6 Å². The highest BCUT2D eigenvalue weighted by atomic mass is 79.9. The molecule has 0 fully saturated rings. The molecule has 18 heavy (non-hydrogen) atoms. The van der Waals surface area contributed by atoms with E-state index in [1.165, 1.54) is 5.01 Å². The fourth-order valence-corrected chi connectivity index (χ4v) is 1.77. The molecule has 0 aliphatic rings. The third-order valence-corrected chi connectivity index (χ3v) is 2.62. The molecule has 4 heteroatoms. The van der Waals surface area contributed by atoms with Crippen molar-refractivity contribution in [3.63, 3.8) is 0 Å². The predicted molar refractivity (Wildman–Crippen MR) is 78.6 cm³/mol. The van der Waals surface area contributed by atoms with Gasteiger partial charge >= 0.3 is 0 Å². The standard InChI is InChI=1S/C14H15BrN2O/c1-4-8-18-14-9-12(15)6-7-13(14)11(5-2)10-17(3)16/h1,5-7,9-10H,2,8,16H2,3H3/b11-10+. The Morgan fingerprint density at radius 2 is 2.39 bits per heavy atom. The van der Waals surface area contributed by atoms with Crippen LogP contribution in [0.2, 0.25) is 0 Å². The second-order valence-corrected chi connectivity index (χ2v) is 4.50. The summed E-state index contributed by atoms with van der Waals surface area (Å²) in [5, 5.41) is 1.46. The number of hydrogen-bond donors (Lipinski definition) is 1. The van der Waals surface area contributed by atoms with Crippen molar-refractivity contribution >= 4 is 21.5 Å². The summed E-state index contributed by atoms with van der Waals surface area (Å²) in [5.41, 5.74) is 1.75. The molecule has 0 amide bonds. The van der Waals surface area contributed by atoms with E-state index in [0.717, 1.165) is 15.6 Å². The van der Waals surface area contributed by atoms with E-state index >= 15 is 0 Å². The fourth-order valence-electron chi connectivity index (χ4n) is 1.43. The van der Waals surface area contributed by atoms with E-state index in [2.05, 4.69) is 28.4 Å². The number of nitrogens with two attached hydrogens (primary N) is 1. The molecule has 0 aromatic heterocycles. The van der Waals surface area contributed by atoms with Crippen molar-refractivity contribution < 1.29 is 4.74 Å². The number of rotatable bonds is 5. The molecule has 1 rings (SSSR count). The molecule has 1 aromatic rings. The Morgan fingerprint density at radius 3 is 2.94 bits per heavy atom. The molecule has 1 aromatic carbocycles. The number of benzene rings is 1. The average Bonchev–Trinajstić information content (AvgIpc) is 2.33. The van der Waals surface area contributed by atoms with Gasteiger partial charge < -0.3 is 9.75 Å². The van der Waals surface area contributed by atoms with Gasteiger partial charge in [0, 0.05) is 28.9 Å². The van der Waals surface area contributed by atoms with Crippen LogP contribution in [-0.2, 0) is 0 Å². The second-order valence-electron chi connectivity index (χ2n) is 3.59. The molecular formula is C14H15BrN2O. The summed E-state index contributed by atoms with van der Waals surface area (Å²) in [6, 6.07) is 5.71. The van der Waals surface area contributed by atoms with Crippen molar-refractivity contribution in [3.05, 3.63) is 47.1 Å². The molecule has 0 saturated carbocycles. The Balaban J connectivity index is 3.21. The molecule has 2 N–H and O–H groups in total. The fraction of sp³-hybridized carbons (Fsp3) is 0.143. The molecule has 0 bridgehead atoms. The minimum Gasteiger partial charge on any atom is -0.480 e. The lowest BCUT2D eigenvalue weighted by molar-refractivity contribution is 0.369. The number of halogens is 1. The van der Waals surface area contributed by atoms with Crippen molar-refractivity contribution in [3.8, 4) is 18.1 Å².